The number of morpholine rings is 1. The molecule has 1 saturated heterocycles. The van der Waals surface area contributed by atoms with Gasteiger partial charge >= 0.3 is 5.97 Å². The van der Waals surface area contributed by atoms with Crippen molar-refractivity contribution < 1.29 is 14.3 Å². The molecule has 0 amide bonds. The second kappa shape index (κ2) is 6.95. The number of fused-ring (bicyclic) bond motifs is 1. The molecule has 27 heavy (non-hydrogen) atoms. The first-order valence-electron chi connectivity index (χ1n) is 8.83. The lowest BCUT2D eigenvalue weighted by atomic mass is 9.95. The van der Waals surface area contributed by atoms with Crippen LogP contribution in [-0.4, -0.2) is 70.2 Å². The quantitative estimate of drug-likeness (QED) is 0.771. The number of hydrazone groups is 1. The van der Waals surface area contributed by atoms with Crippen molar-refractivity contribution in [3.05, 3.63) is 18.2 Å². The number of hydrogen-bond donors (Lipinski definition) is 1. The van der Waals surface area contributed by atoms with E-state index in [1.165, 1.54) is 6.33 Å². The number of imidazole rings is 1. The third-order valence-electron chi connectivity index (χ3n) is 4.68. The van der Waals surface area contributed by atoms with Crippen molar-refractivity contribution >= 4 is 35.4 Å². The van der Waals surface area contributed by atoms with Crippen LogP contribution in [0.5, 0.6) is 0 Å². The number of carbonyl (C=O) groups excluding carboxylic acids is 1. The minimum absolute atomic E-state index is 0.299. The first-order valence-corrected chi connectivity index (χ1v) is 8.83. The Balaban J connectivity index is 1.71. The summed E-state index contributed by atoms with van der Waals surface area (Å²) < 4.78 is 12.4. The zero-order valence-corrected chi connectivity index (χ0v) is 15.3. The summed E-state index contributed by atoms with van der Waals surface area (Å²) in [4.78, 5) is 27.8. The van der Waals surface area contributed by atoms with Gasteiger partial charge in [0.15, 0.2) is 22.5 Å². The maximum Gasteiger partial charge on any atom is 0.337 e. The number of carbonyl (C=O) groups is 1. The first kappa shape index (κ1) is 17.4. The molecule has 2 aliphatic rings. The number of esters is 1. The summed E-state index contributed by atoms with van der Waals surface area (Å²) in [5.41, 5.74) is 3.80. The van der Waals surface area contributed by atoms with Crippen LogP contribution in [0.3, 0.4) is 0 Å². The average molecular weight is 371 g/mol. The molecular formula is C17H21N7O3. The van der Waals surface area contributed by atoms with E-state index in [1.54, 1.807) is 37.2 Å². The molecule has 1 fully saturated rings. The standard InChI is InChI=1S/C17H21N7O3/c1-3-27-16(25)17(2)12(8-21-22-17)9-24-11-20-13-14(18-10-19-15(13)24)23-4-6-26-7-5-23/h8-11,22H,3-7H2,1-2H3/b12-9+. The Morgan fingerprint density at radius 1 is 1.37 bits per heavy atom. The van der Waals surface area contributed by atoms with E-state index in [1.807, 2.05) is 0 Å². The zero-order valence-electron chi connectivity index (χ0n) is 15.3. The summed E-state index contributed by atoms with van der Waals surface area (Å²) in [5, 5.41) is 4.04. The van der Waals surface area contributed by atoms with Crippen LogP contribution < -0.4 is 10.3 Å². The molecule has 1 unspecified atom stereocenters. The van der Waals surface area contributed by atoms with E-state index in [0.717, 1.165) is 18.9 Å². The van der Waals surface area contributed by atoms with Crippen LogP contribution in [0.2, 0.25) is 0 Å². The molecule has 1 N–H and O–H groups in total. The summed E-state index contributed by atoms with van der Waals surface area (Å²) in [6.07, 6.45) is 6.57. The maximum absolute atomic E-state index is 12.4. The summed E-state index contributed by atoms with van der Waals surface area (Å²) in [5.74, 6) is 0.397. The van der Waals surface area contributed by atoms with Gasteiger partial charge in [0.25, 0.3) is 0 Å². The molecule has 0 bridgehead atoms. The van der Waals surface area contributed by atoms with Gasteiger partial charge in [-0.25, -0.2) is 19.7 Å². The maximum atomic E-state index is 12.4. The van der Waals surface area contributed by atoms with E-state index in [9.17, 15) is 4.79 Å². The van der Waals surface area contributed by atoms with E-state index in [4.69, 9.17) is 9.47 Å². The first-order chi connectivity index (χ1) is 13.1. The van der Waals surface area contributed by atoms with Crippen molar-refractivity contribution in [3.63, 3.8) is 0 Å². The highest BCUT2D eigenvalue weighted by atomic mass is 16.5. The minimum atomic E-state index is -1.05. The molecule has 142 valence electrons. The number of hydrogen-bond acceptors (Lipinski definition) is 9. The third kappa shape index (κ3) is 3.01. The lowest BCUT2D eigenvalue weighted by Crippen LogP contribution is -2.46. The number of ether oxygens (including phenoxy) is 2. The number of anilines is 1. The summed E-state index contributed by atoms with van der Waals surface area (Å²) >= 11 is 0. The molecule has 2 aliphatic heterocycles. The van der Waals surface area contributed by atoms with Crippen molar-refractivity contribution in [3.8, 4) is 0 Å². The van der Waals surface area contributed by atoms with Gasteiger partial charge < -0.3 is 14.4 Å². The number of rotatable bonds is 4. The van der Waals surface area contributed by atoms with Crippen LogP contribution in [-0.2, 0) is 14.3 Å². The van der Waals surface area contributed by atoms with Crippen LogP contribution in [0.1, 0.15) is 13.8 Å². The highest BCUT2D eigenvalue weighted by molar-refractivity contribution is 6.01. The normalized spacial score (nSPS) is 23.8. The Morgan fingerprint density at radius 3 is 2.96 bits per heavy atom. The molecule has 0 saturated carbocycles. The Bertz CT molecular complexity index is 916. The average Bonchev–Trinajstić information content (AvgIpc) is 3.28. The molecule has 0 spiro atoms. The van der Waals surface area contributed by atoms with Crippen LogP contribution in [0.15, 0.2) is 23.3 Å². The van der Waals surface area contributed by atoms with Crippen LogP contribution in [0.4, 0.5) is 5.82 Å². The van der Waals surface area contributed by atoms with Crippen LogP contribution in [0, 0.1) is 0 Å². The van der Waals surface area contributed by atoms with Gasteiger partial charge in [0.1, 0.15) is 12.7 Å². The largest absolute Gasteiger partial charge is 0.464 e. The van der Waals surface area contributed by atoms with E-state index in [2.05, 4.69) is 30.4 Å². The Labute approximate surface area is 155 Å². The molecule has 10 heteroatoms. The Kier molecular flexibility index (Phi) is 4.48. The molecule has 1 atom stereocenters. The molecule has 0 aromatic carbocycles. The topological polar surface area (TPSA) is 107 Å². The van der Waals surface area contributed by atoms with Gasteiger partial charge in [-0.15, -0.1) is 0 Å². The monoisotopic (exact) mass is 371 g/mol. The van der Waals surface area contributed by atoms with Crippen LogP contribution in [0.25, 0.3) is 17.4 Å². The molecule has 4 heterocycles. The SMILES string of the molecule is CCOC(=O)C1(C)NN=C/C1=C\n1cnc2c(N3CCOCC3)ncnc21. The lowest BCUT2D eigenvalue weighted by molar-refractivity contribution is -0.148. The smallest absolute Gasteiger partial charge is 0.337 e. The molecule has 0 aliphatic carbocycles. The van der Waals surface area contributed by atoms with Gasteiger partial charge in [-0.1, -0.05) is 0 Å². The van der Waals surface area contributed by atoms with E-state index in [0.29, 0.717) is 36.6 Å². The van der Waals surface area contributed by atoms with Crippen molar-refractivity contribution in [1.82, 2.24) is 24.9 Å². The van der Waals surface area contributed by atoms with Crippen molar-refractivity contribution in [1.29, 1.82) is 0 Å². The predicted molar refractivity (Wildman–Crippen MR) is 99.3 cm³/mol. The van der Waals surface area contributed by atoms with Gasteiger partial charge in [0.2, 0.25) is 0 Å². The lowest BCUT2D eigenvalue weighted by Gasteiger charge is -2.27. The number of nitrogens with zero attached hydrogens (tertiary/aromatic N) is 6. The molecule has 0 radical (unpaired) electrons. The number of nitrogens with one attached hydrogen (secondary N) is 1. The zero-order chi connectivity index (χ0) is 18.9. The molecule has 10 nitrogen and oxygen atoms in total. The molecule has 4 rings (SSSR count). The van der Waals surface area contributed by atoms with Gasteiger partial charge in [-0.3, -0.25) is 9.99 Å². The fraction of sp³-hybridized carbons (Fsp3) is 0.471. The van der Waals surface area contributed by atoms with Gasteiger partial charge in [0, 0.05) is 24.9 Å². The second-order valence-electron chi connectivity index (χ2n) is 6.42. The van der Waals surface area contributed by atoms with Crippen molar-refractivity contribution in [2.45, 2.75) is 19.4 Å². The second-order valence-corrected chi connectivity index (χ2v) is 6.42. The van der Waals surface area contributed by atoms with Gasteiger partial charge in [0.05, 0.1) is 26.0 Å². The fourth-order valence-electron chi connectivity index (χ4n) is 3.12. The van der Waals surface area contributed by atoms with Crippen LogP contribution >= 0.6 is 0 Å². The van der Waals surface area contributed by atoms with Gasteiger partial charge in [-0.05, 0) is 13.8 Å². The minimum Gasteiger partial charge on any atom is -0.464 e. The van der Waals surface area contributed by atoms with Gasteiger partial charge in [-0.2, -0.15) is 5.10 Å². The number of aromatic nitrogens is 4. The molecule has 2 aromatic heterocycles. The van der Waals surface area contributed by atoms with E-state index < -0.39 is 5.54 Å². The van der Waals surface area contributed by atoms with Crippen molar-refractivity contribution in [2.75, 3.05) is 37.8 Å². The van der Waals surface area contributed by atoms with E-state index in [-0.39, 0.29) is 5.97 Å². The Morgan fingerprint density at radius 2 is 2.19 bits per heavy atom. The summed E-state index contributed by atoms with van der Waals surface area (Å²) in [6.45, 7) is 6.65. The van der Waals surface area contributed by atoms with E-state index >= 15 is 0 Å². The Hall–Kier alpha value is -3.01. The predicted octanol–water partition coefficient (Wildman–Crippen LogP) is 0.415. The molecule has 2 aromatic rings. The molecular weight excluding hydrogens is 350 g/mol. The van der Waals surface area contributed by atoms with Crippen molar-refractivity contribution in [2.24, 2.45) is 5.10 Å². The summed E-state index contributed by atoms with van der Waals surface area (Å²) in [6, 6.07) is 0. The fourth-order valence-corrected chi connectivity index (χ4v) is 3.12. The summed E-state index contributed by atoms with van der Waals surface area (Å²) in [7, 11) is 0. The highest BCUT2D eigenvalue weighted by Gasteiger charge is 2.41. The highest BCUT2D eigenvalue weighted by Crippen LogP contribution is 2.26. The third-order valence-corrected chi connectivity index (χ3v) is 4.68.